The highest BCUT2D eigenvalue weighted by molar-refractivity contribution is 6.05. The number of nitrogens with two attached hydrogens (primary N) is 1. The van der Waals surface area contributed by atoms with Gasteiger partial charge in [0, 0.05) is 37.9 Å². The molecular formula is C22H23FN6O. The molecule has 3 heterocycles. The SMILES string of the molecule is CN1CCN(c2ccc(C(=O)Nc3nc(-c4ccc(F)cc4)ccc3N)cn2)CC1. The van der Waals surface area contributed by atoms with Crippen molar-refractivity contribution in [2.24, 2.45) is 0 Å². The lowest BCUT2D eigenvalue weighted by Gasteiger charge is -2.33. The Bertz CT molecular complexity index is 1030. The fourth-order valence-corrected chi connectivity index (χ4v) is 3.27. The van der Waals surface area contributed by atoms with Crippen molar-refractivity contribution in [2.75, 3.05) is 49.2 Å². The number of halogens is 1. The van der Waals surface area contributed by atoms with Crippen LogP contribution in [-0.2, 0) is 0 Å². The van der Waals surface area contributed by atoms with Crippen molar-refractivity contribution in [3.05, 3.63) is 66.1 Å². The first-order valence-corrected chi connectivity index (χ1v) is 9.73. The number of benzene rings is 1. The molecule has 8 heteroatoms. The topological polar surface area (TPSA) is 87.4 Å². The van der Waals surface area contributed by atoms with Crippen molar-refractivity contribution in [1.29, 1.82) is 0 Å². The third-order valence-electron chi connectivity index (χ3n) is 5.14. The van der Waals surface area contributed by atoms with Gasteiger partial charge < -0.3 is 20.9 Å². The van der Waals surface area contributed by atoms with Gasteiger partial charge in [-0.25, -0.2) is 14.4 Å². The van der Waals surface area contributed by atoms with E-state index in [-0.39, 0.29) is 17.5 Å². The van der Waals surface area contributed by atoms with Crippen molar-refractivity contribution in [3.63, 3.8) is 0 Å². The molecule has 0 atom stereocenters. The summed E-state index contributed by atoms with van der Waals surface area (Å²) in [5.41, 5.74) is 8.06. The maximum Gasteiger partial charge on any atom is 0.258 e. The molecule has 154 valence electrons. The largest absolute Gasteiger partial charge is 0.396 e. The Balaban J connectivity index is 1.48. The first-order chi connectivity index (χ1) is 14.5. The smallest absolute Gasteiger partial charge is 0.258 e. The molecular weight excluding hydrogens is 383 g/mol. The summed E-state index contributed by atoms with van der Waals surface area (Å²) in [6.45, 7) is 3.79. The van der Waals surface area contributed by atoms with Gasteiger partial charge in [-0.3, -0.25) is 4.79 Å². The monoisotopic (exact) mass is 406 g/mol. The molecule has 1 aromatic carbocycles. The van der Waals surface area contributed by atoms with Crippen LogP contribution in [-0.4, -0.2) is 54.0 Å². The summed E-state index contributed by atoms with van der Waals surface area (Å²) in [5.74, 6) is 0.443. The Hall–Kier alpha value is -3.52. The molecule has 4 rings (SSSR count). The molecule has 0 unspecified atom stereocenters. The molecule has 0 radical (unpaired) electrons. The summed E-state index contributed by atoms with van der Waals surface area (Å²) in [7, 11) is 2.10. The number of carbonyl (C=O) groups excluding carboxylic acids is 1. The normalized spacial score (nSPS) is 14.5. The number of aromatic nitrogens is 2. The van der Waals surface area contributed by atoms with Gasteiger partial charge in [0.25, 0.3) is 5.91 Å². The van der Waals surface area contributed by atoms with Gasteiger partial charge in [-0.15, -0.1) is 0 Å². The molecule has 1 aliphatic rings. The third kappa shape index (κ3) is 4.38. The highest BCUT2D eigenvalue weighted by Gasteiger charge is 2.16. The van der Waals surface area contributed by atoms with Crippen LogP contribution in [0.15, 0.2) is 54.7 Å². The van der Waals surface area contributed by atoms with E-state index in [4.69, 9.17) is 5.73 Å². The van der Waals surface area contributed by atoms with Gasteiger partial charge in [0.2, 0.25) is 0 Å². The minimum absolute atomic E-state index is 0.255. The van der Waals surface area contributed by atoms with E-state index in [9.17, 15) is 9.18 Å². The number of nitrogens with one attached hydrogen (secondary N) is 1. The Morgan fingerprint density at radius 2 is 1.77 bits per heavy atom. The zero-order valence-electron chi connectivity index (χ0n) is 16.7. The maximum absolute atomic E-state index is 13.2. The van der Waals surface area contributed by atoms with Crippen LogP contribution in [0.3, 0.4) is 0 Å². The predicted octanol–water partition coefficient (Wildman–Crippen LogP) is 2.87. The van der Waals surface area contributed by atoms with Crippen molar-refractivity contribution in [2.45, 2.75) is 0 Å². The molecule has 0 spiro atoms. The lowest BCUT2D eigenvalue weighted by Crippen LogP contribution is -2.44. The number of hydrogen-bond donors (Lipinski definition) is 2. The standard InChI is InChI=1S/C22H23FN6O/c1-28-10-12-29(13-11-28)20-9-4-16(14-25-20)22(30)27-21-18(24)7-8-19(26-21)15-2-5-17(23)6-3-15/h2-9,14H,10-13,24H2,1H3,(H,26,27,30). The number of piperazine rings is 1. The van der Waals surface area contributed by atoms with E-state index in [1.165, 1.54) is 12.1 Å². The van der Waals surface area contributed by atoms with Gasteiger partial charge >= 0.3 is 0 Å². The van der Waals surface area contributed by atoms with Crippen LogP contribution >= 0.6 is 0 Å². The second kappa shape index (κ2) is 8.46. The van der Waals surface area contributed by atoms with Crippen molar-refractivity contribution in [3.8, 4) is 11.3 Å². The number of nitrogens with zero attached hydrogens (tertiary/aromatic N) is 4. The predicted molar refractivity (Wildman–Crippen MR) is 116 cm³/mol. The Kier molecular flexibility index (Phi) is 5.58. The zero-order chi connectivity index (χ0) is 21.1. The van der Waals surface area contributed by atoms with Gasteiger partial charge in [0.05, 0.1) is 16.9 Å². The average molecular weight is 406 g/mol. The molecule has 7 nitrogen and oxygen atoms in total. The third-order valence-corrected chi connectivity index (χ3v) is 5.14. The number of amides is 1. The Labute approximate surface area is 174 Å². The van der Waals surface area contributed by atoms with Crippen LogP contribution in [0.2, 0.25) is 0 Å². The Morgan fingerprint density at radius 1 is 1.03 bits per heavy atom. The summed E-state index contributed by atoms with van der Waals surface area (Å²) in [4.78, 5) is 26.0. The number of hydrogen-bond acceptors (Lipinski definition) is 6. The van der Waals surface area contributed by atoms with Gasteiger partial charge in [-0.2, -0.15) is 0 Å². The first kappa shape index (κ1) is 19.8. The summed E-state index contributed by atoms with van der Waals surface area (Å²) >= 11 is 0. The van der Waals surface area contributed by atoms with Crippen LogP contribution in [0, 0.1) is 5.82 Å². The lowest BCUT2D eigenvalue weighted by molar-refractivity contribution is 0.102. The van der Waals surface area contributed by atoms with Crippen LogP contribution < -0.4 is 16.0 Å². The van der Waals surface area contributed by atoms with Crippen LogP contribution in [0.5, 0.6) is 0 Å². The van der Waals surface area contributed by atoms with E-state index >= 15 is 0 Å². The molecule has 0 aliphatic carbocycles. The zero-order valence-corrected chi connectivity index (χ0v) is 16.7. The van der Waals surface area contributed by atoms with Gasteiger partial charge in [0.15, 0.2) is 5.82 Å². The number of pyridine rings is 2. The molecule has 1 amide bonds. The Morgan fingerprint density at radius 3 is 2.43 bits per heavy atom. The first-order valence-electron chi connectivity index (χ1n) is 9.73. The molecule has 3 N–H and O–H groups in total. The summed E-state index contributed by atoms with van der Waals surface area (Å²) in [6, 6.07) is 13.0. The molecule has 3 aromatic rings. The molecule has 1 aliphatic heterocycles. The van der Waals surface area contributed by atoms with E-state index in [0.29, 0.717) is 16.9 Å². The van der Waals surface area contributed by atoms with Crippen LogP contribution in [0.25, 0.3) is 11.3 Å². The molecule has 1 saturated heterocycles. The lowest BCUT2D eigenvalue weighted by atomic mass is 10.1. The van der Waals surface area contributed by atoms with E-state index < -0.39 is 0 Å². The van der Waals surface area contributed by atoms with Crippen molar-refractivity contribution >= 4 is 23.2 Å². The minimum atomic E-state index is -0.345. The number of rotatable bonds is 4. The van der Waals surface area contributed by atoms with Gasteiger partial charge in [0.1, 0.15) is 11.6 Å². The summed E-state index contributed by atoms with van der Waals surface area (Å²) in [5, 5.41) is 2.74. The van der Waals surface area contributed by atoms with E-state index in [0.717, 1.165) is 37.6 Å². The second-order valence-corrected chi connectivity index (χ2v) is 7.29. The molecule has 0 bridgehead atoms. The number of nitrogen functional groups attached to an aromatic ring is 1. The number of likely N-dealkylation sites (N-methyl/N-ethyl adjacent to an activating group) is 1. The van der Waals surface area contributed by atoms with Gasteiger partial charge in [-0.1, -0.05) is 0 Å². The van der Waals surface area contributed by atoms with Gasteiger partial charge in [-0.05, 0) is 55.6 Å². The second-order valence-electron chi connectivity index (χ2n) is 7.29. The van der Waals surface area contributed by atoms with E-state index in [1.807, 2.05) is 6.07 Å². The molecule has 1 fully saturated rings. The van der Waals surface area contributed by atoms with Crippen molar-refractivity contribution < 1.29 is 9.18 Å². The van der Waals surface area contributed by atoms with E-state index in [1.54, 1.807) is 36.5 Å². The van der Waals surface area contributed by atoms with E-state index in [2.05, 4.69) is 32.1 Å². The fraction of sp³-hybridized carbons (Fsp3) is 0.227. The molecule has 2 aromatic heterocycles. The average Bonchev–Trinajstić information content (AvgIpc) is 2.76. The minimum Gasteiger partial charge on any atom is -0.396 e. The molecule has 30 heavy (non-hydrogen) atoms. The quantitative estimate of drug-likeness (QED) is 0.693. The fourth-order valence-electron chi connectivity index (χ4n) is 3.27. The molecule has 0 saturated carbocycles. The summed E-state index contributed by atoms with van der Waals surface area (Å²) in [6.07, 6.45) is 1.56. The van der Waals surface area contributed by atoms with Crippen LogP contribution in [0.4, 0.5) is 21.7 Å². The highest BCUT2D eigenvalue weighted by atomic mass is 19.1. The maximum atomic E-state index is 13.2. The van der Waals surface area contributed by atoms with Crippen LogP contribution in [0.1, 0.15) is 10.4 Å². The number of carbonyl (C=O) groups is 1. The number of anilines is 3. The summed E-state index contributed by atoms with van der Waals surface area (Å²) < 4.78 is 13.2. The van der Waals surface area contributed by atoms with Crippen molar-refractivity contribution in [1.82, 2.24) is 14.9 Å². The highest BCUT2D eigenvalue weighted by Crippen LogP contribution is 2.24.